The molecule has 1 aliphatic rings. The zero-order valence-corrected chi connectivity index (χ0v) is 6.37. The zero-order chi connectivity index (χ0) is 8.60. The molecule has 4 nitrogen and oxygen atoms in total. The number of aromatic nitrogens is 2. The molecule has 0 saturated heterocycles. The minimum Gasteiger partial charge on any atom is -0.347 e. The lowest BCUT2D eigenvalue weighted by molar-refractivity contribution is -0.126. The summed E-state index contributed by atoms with van der Waals surface area (Å²) in [4.78, 5) is 17.5. The van der Waals surface area contributed by atoms with Crippen LogP contribution in [0.5, 0.6) is 0 Å². The molecule has 0 radical (unpaired) electrons. The number of hydrogen-bond acceptors (Lipinski definition) is 3. The van der Waals surface area contributed by atoms with Crippen molar-refractivity contribution in [3.05, 3.63) is 18.2 Å². The van der Waals surface area contributed by atoms with E-state index in [1.807, 2.05) is 0 Å². The van der Waals surface area contributed by atoms with Crippen molar-refractivity contribution in [3.8, 4) is 6.07 Å². The molecule has 0 aliphatic heterocycles. The van der Waals surface area contributed by atoms with Gasteiger partial charge in [-0.1, -0.05) is 0 Å². The predicted octanol–water partition coefficient (Wildman–Crippen LogP) is 0.534. The Balaban J connectivity index is 2.34. The van der Waals surface area contributed by atoms with Gasteiger partial charge in [-0.2, -0.15) is 5.26 Å². The number of nitrogens with zero attached hydrogens (tertiary/aromatic N) is 2. The molecule has 12 heavy (non-hydrogen) atoms. The van der Waals surface area contributed by atoms with E-state index in [1.165, 1.54) is 6.33 Å². The summed E-state index contributed by atoms with van der Waals surface area (Å²) < 4.78 is 0. The number of aromatic amines is 1. The first-order chi connectivity index (χ1) is 5.77. The molecule has 1 aliphatic carbocycles. The van der Waals surface area contributed by atoms with Gasteiger partial charge in [-0.05, 0) is 0 Å². The van der Waals surface area contributed by atoms with Crippen molar-refractivity contribution < 1.29 is 4.79 Å². The number of nitrogens with one attached hydrogen (secondary N) is 1. The van der Waals surface area contributed by atoms with Crippen LogP contribution in [-0.4, -0.2) is 15.8 Å². The Kier molecular flexibility index (Phi) is 1.28. The molecule has 0 atom stereocenters. The highest BCUT2D eigenvalue weighted by molar-refractivity contribution is 5.89. The number of carbonyl (C=O) groups is 1. The fourth-order valence-corrected chi connectivity index (χ4v) is 1.47. The maximum atomic E-state index is 10.8. The van der Waals surface area contributed by atoms with E-state index in [2.05, 4.69) is 16.0 Å². The van der Waals surface area contributed by atoms with Gasteiger partial charge in [0.15, 0.2) is 0 Å². The topological polar surface area (TPSA) is 69.5 Å². The number of nitriles is 1. The average molecular weight is 161 g/mol. The van der Waals surface area contributed by atoms with Gasteiger partial charge in [-0.25, -0.2) is 4.98 Å². The van der Waals surface area contributed by atoms with Crippen molar-refractivity contribution in [2.24, 2.45) is 0 Å². The second-order valence-electron chi connectivity index (χ2n) is 3.05. The largest absolute Gasteiger partial charge is 0.347 e. The molecule has 60 valence electrons. The first-order valence-electron chi connectivity index (χ1n) is 3.69. The van der Waals surface area contributed by atoms with Gasteiger partial charge in [0.1, 0.15) is 11.2 Å². The standard InChI is InChI=1S/C8H7N3O/c9-4-8(1-6(12)2-8)7-3-10-5-11-7/h3,5H,1-2H2,(H,10,11). The van der Waals surface area contributed by atoms with Gasteiger partial charge in [-0.15, -0.1) is 0 Å². The Morgan fingerprint density at radius 3 is 2.83 bits per heavy atom. The van der Waals surface area contributed by atoms with E-state index in [1.54, 1.807) is 6.20 Å². The van der Waals surface area contributed by atoms with Crippen molar-refractivity contribution in [3.63, 3.8) is 0 Å². The van der Waals surface area contributed by atoms with E-state index in [0.29, 0.717) is 12.8 Å². The van der Waals surface area contributed by atoms with Crippen LogP contribution in [0.25, 0.3) is 0 Å². The maximum Gasteiger partial charge on any atom is 0.136 e. The molecule has 1 heterocycles. The summed E-state index contributed by atoms with van der Waals surface area (Å²) in [5.41, 5.74) is 0.151. The Morgan fingerprint density at radius 1 is 1.67 bits per heavy atom. The quantitative estimate of drug-likeness (QED) is 0.653. The molecule has 0 spiro atoms. The lowest BCUT2D eigenvalue weighted by Gasteiger charge is -2.32. The first kappa shape index (κ1) is 7.04. The third-order valence-corrected chi connectivity index (χ3v) is 2.23. The van der Waals surface area contributed by atoms with Gasteiger partial charge in [0, 0.05) is 19.0 Å². The van der Waals surface area contributed by atoms with Crippen LogP contribution in [0.1, 0.15) is 18.5 Å². The maximum absolute atomic E-state index is 10.8. The number of imidazole rings is 1. The van der Waals surface area contributed by atoms with Crippen molar-refractivity contribution in [2.75, 3.05) is 0 Å². The van der Waals surface area contributed by atoms with Gasteiger partial charge < -0.3 is 4.98 Å². The van der Waals surface area contributed by atoms with Crippen molar-refractivity contribution in [1.82, 2.24) is 9.97 Å². The average Bonchev–Trinajstić information content (AvgIpc) is 2.50. The predicted molar refractivity (Wildman–Crippen MR) is 40.1 cm³/mol. The van der Waals surface area contributed by atoms with E-state index in [0.717, 1.165) is 5.69 Å². The summed E-state index contributed by atoms with van der Waals surface area (Å²) in [6.07, 6.45) is 3.78. The Morgan fingerprint density at radius 2 is 2.42 bits per heavy atom. The number of hydrogen-bond donors (Lipinski definition) is 1. The van der Waals surface area contributed by atoms with Crippen LogP contribution in [0, 0.1) is 11.3 Å². The fraction of sp³-hybridized carbons (Fsp3) is 0.375. The van der Waals surface area contributed by atoms with Crippen LogP contribution in [0.3, 0.4) is 0 Å². The highest BCUT2D eigenvalue weighted by atomic mass is 16.1. The molecule has 0 amide bonds. The van der Waals surface area contributed by atoms with Gasteiger partial charge in [0.2, 0.25) is 0 Å². The Bertz CT molecular complexity index is 339. The molecule has 2 rings (SSSR count). The summed E-state index contributed by atoms with van der Waals surface area (Å²) in [6, 6.07) is 2.16. The van der Waals surface area contributed by atoms with E-state index in [4.69, 9.17) is 5.26 Å². The van der Waals surface area contributed by atoms with Crippen molar-refractivity contribution in [1.29, 1.82) is 5.26 Å². The van der Waals surface area contributed by atoms with Crippen LogP contribution in [0.15, 0.2) is 12.5 Å². The van der Waals surface area contributed by atoms with E-state index < -0.39 is 5.41 Å². The summed E-state index contributed by atoms with van der Waals surface area (Å²) >= 11 is 0. The van der Waals surface area contributed by atoms with Gasteiger partial charge >= 0.3 is 0 Å². The molecule has 1 N–H and O–H groups in total. The monoisotopic (exact) mass is 161 g/mol. The van der Waals surface area contributed by atoms with E-state index >= 15 is 0 Å². The SMILES string of the molecule is N#CC1(c2cnc[nH]2)CC(=O)C1. The molecule has 1 aromatic rings. The van der Waals surface area contributed by atoms with E-state index in [9.17, 15) is 4.79 Å². The second-order valence-corrected chi connectivity index (χ2v) is 3.05. The minimum absolute atomic E-state index is 0.145. The van der Waals surface area contributed by atoms with Crippen molar-refractivity contribution in [2.45, 2.75) is 18.3 Å². The van der Waals surface area contributed by atoms with Crippen LogP contribution in [0.4, 0.5) is 0 Å². The minimum atomic E-state index is -0.604. The lowest BCUT2D eigenvalue weighted by Crippen LogP contribution is -2.40. The molecule has 1 fully saturated rings. The third kappa shape index (κ3) is 0.766. The molecular weight excluding hydrogens is 154 g/mol. The number of H-pyrrole nitrogens is 1. The molecular formula is C8H7N3O. The molecule has 0 bridgehead atoms. The van der Waals surface area contributed by atoms with Gasteiger partial charge in [-0.3, -0.25) is 4.79 Å². The first-order valence-corrected chi connectivity index (χ1v) is 3.69. The summed E-state index contributed by atoms with van der Waals surface area (Å²) in [6.45, 7) is 0. The van der Waals surface area contributed by atoms with Crippen LogP contribution in [-0.2, 0) is 10.2 Å². The van der Waals surface area contributed by atoms with Crippen molar-refractivity contribution >= 4 is 5.78 Å². The second kappa shape index (κ2) is 2.18. The van der Waals surface area contributed by atoms with Crippen LogP contribution < -0.4 is 0 Å². The van der Waals surface area contributed by atoms with E-state index in [-0.39, 0.29) is 5.78 Å². The molecule has 4 heteroatoms. The Labute approximate surface area is 69.2 Å². The van der Waals surface area contributed by atoms with Gasteiger partial charge in [0.05, 0.1) is 18.1 Å². The van der Waals surface area contributed by atoms with Crippen LogP contribution in [0.2, 0.25) is 0 Å². The number of ketones is 1. The number of carbonyl (C=O) groups excluding carboxylic acids is 1. The number of Topliss-reactive ketones (excluding diaryl/α,β-unsaturated/α-hetero) is 1. The lowest BCUT2D eigenvalue weighted by atomic mass is 9.67. The molecule has 1 aromatic heterocycles. The summed E-state index contributed by atoms with van der Waals surface area (Å²) in [7, 11) is 0. The number of rotatable bonds is 1. The van der Waals surface area contributed by atoms with Crippen LogP contribution >= 0.6 is 0 Å². The Hall–Kier alpha value is -1.63. The smallest absolute Gasteiger partial charge is 0.136 e. The van der Waals surface area contributed by atoms with Gasteiger partial charge in [0.25, 0.3) is 0 Å². The zero-order valence-electron chi connectivity index (χ0n) is 6.37. The fourth-order valence-electron chi connectivity index (χ4n) is 1.47. The molecule has 1 saturated carbocycles. The highest BCUT2D eigenvalue weighted by Crippen LogP contribution is 2.39. The normalized spacial score (nSPS) is 19.8. The summed E-state index contributed by atoms with van der Waals surface area (Å²) in [5.74, 6) is 0.145. The molecule has 0 unspecified atom stereocenters. The highest BCUT2D eigenvalue weighted by Gasteiger charge is 2.46. The molecule has 0 aromatic carbocycles. The third-order valence-electron chi connectivity index (χ3n) is 2.23. The summed E-state index contributed by atoms with van der Waals surface area (Å²) in [5, 5.41) is 8.88.